The van der Waals surface area contributed by atoms with Crippen LogP contribution >= 0.6 is 11.3 Å². The molecule has 1 aromatic heterocycles. The number of thiazole rings is 1. The van der Waals surface area contributed by atoms with Crippen molar-refractivity contribution in [2.24, 2.45) is 0 Å². The predicted octanol–water partition coefficient (Wildman–Crippen LogP) is 0.186. The monoisotopic (exact) mass is 280 g/mol. The molecule has 0 atom stereocenters. The molecule has 0 aromatic carbocycles. The molecule has 0 saturated carbocycles. The van der Waals surface area contributed by atoms with Crippen molar-refractivity contribution in [2.45, 2.75) is 30.4 Å². The minimum atomic E-state index is -3.58. The van der Waals surface area contributed by atoms with Gasteiger partial charge >= 0.3 is 4.87 Å². The molecule has 0 aliphatic carbocycles. The SMILES string of the molecule is Cc1[nH]c(=O)sc1S(=O)(=O)NCCCCCO. The van der Waals surface area contributed by atoms with E-state index in [9.17, 15) is 13.2 Å². The third-order valence-corrected chi connectivity index (χ3v) is 5.22. The van der Waals surface area contributed by atoms with Crippen molar-refractivity contribution in [3.8, 4) is 0 Å². The van der Waals surface area contributed by atoms with Crippen LogP contribution in [0.3, 0.4) is 0 Å². The van der Waals surface area contributed by atoms with E-state index in [0.717, 1.165) is 6.42 Å². The summed E-state index contributed by atoms with van der Waals surface area (Å²) in [5.74, 6) is 0. The largest absolute Gasteiger partial charge is 0.396 e. The number of hydrogen-bond acceptors (Lipinski definition) is 5. The van der Waals surface area contributed by atoms with Crippen molar-refractivity contribution in [1.82, 2.24) is 9.71 Å². The van der Waals surface area contributed by atoms with Crippen LogP contribution in [-0.4, -0.2) is 31.7 Å². The third-order valence-electron chi connectivity index (χ3n) is 2.15. The fraction of sp³-hybridized carbons (Fsp3) is 0.667. The van der Waals surface area contributed by atoms with Crippen LogP contribution in [0.2, 0.25) is 0 Å². The maximum absolute atomic E-state index is 11.8. The summed E-state index contributed by atoms with van der Waals surface area (Å²) in [5, 5.41) is 8.57. The van der Waals surface area contributed by atoms with E-state index in [2.05, 4.69) is 9.71 Å². The van der Waals surface area contributed by atoms with Crippen LogP contribution in [-0.2, 0) is 10.0 Å². The van der Waals surface area contributed by atoms with Crippen LogP contribution < -0.4 is 9.60 Å². The Labute approximate surface area is 104 Å². The summed E-state index contributed by atoms with van der Waals surface area (Å²) in [5.41, 5.74) is 0.364. The van der Waals surface area contributed by atoms with Gasteiger partial charge in [-0.1, -0.05) is 11.3 Å². The summed E-state index contributed by atoms with van der Waals surface area (Å²) < 4.78 is 26.1. The smallest absolute Gasteiger partial charge is 0.305 e. The molecule has 0 radical (unpaired) electrons. The highest BCUT2D eigenvalue weighted by Gasteiger charge is 2.19. The van der Waals surface area contributed by atoms with Crippen molar-refractivity contribution in [1.29, 1.82) is 0 Å². The molecule has 0 saturated heterocycles. The van der Waals surface area contributed by atoms with E-state index in [1.807, 2.05) is 0 Å². The number of aromatic nitrogens is 1. The Kier molecular flexibility index (Phi) is 5.31. The summed E-state index contributed by atoms with van der Waals surface area (Å²) >= 11 is 0.688. The Bertz CT molecular complexity index is 503. The first kappa shape index (κ1) is 14.4. The molecule has 0 aliphatic rings. The lowest BCUT2D eigenvalue weighted by atomic mass is 10.2. The molecule has 3 N–H and O–H groups in total. The molecule has 17 heavy (non-hydrogen) atoms. The van der Waals surface area contributed by atoms with Gasteiger partial charge in [0.1, 0.15) is 0 Å². The average Bonchev–Trinajstić information content (AvgIpc) is 2.58. The van der Waals surface area contributed by atoms with Gasteiger partial charge in [-0.2, -0.15) is 0 Å². The van der Waals surface area contributed by atoms with Crippen molar-refractivity contribution in [3.63, 3.8) is 0 Å². The summed E-state index contributed by atoms with van der Waals surface area (Å²) in [6.07, 6.45) is 2.10. The van der Waals surface area contributed by atoms with Crippen LogP contribution in [0.5, 0.6) is 0 Å². The van der Waals surface area contributed by atoms with Gasteiger partial charge < -0.3 is 10.1 Å². The van der Waals surface area contributed by atoms with Crippen LogP contribution in [0.1, 0.15) is 25.0 Å². The van der Waals surface area contributed by atoms with E-state index < -0.39 is 10.0 Å². The molecule has 8 heteroatoms. The minimum absolute atomic E-state index is 0.0460. The topological polar surface area (TPSA) is 99.3 Å². The molecule has 6 nitrogen and oxygen atoms in total. The standard InChI is InChI=1S/C9H16N2O4S2/c1-7-8(16-9(13)11-7)17(14,15)10-5-3-2-4-6-12/h10,12H,2-6H2,1H3,(H,11,13). The van der Waals surface area contributed by atoms with E-state index >= 15 is 0 Å². The van der Waals surface area contributed by atoms with Crippen molar-refractivity contribution >= 4 is 21.4 Å². The molecule has 1 rings (SSSR count). The van der Waals surface area contributed by atoms with E-state index in [0.29, 0.717) is 36.4 Å². The number of aromatic amines is 1. The molecule has 0 fully saturated rings. The number of unbranched alkanes of at least 4 members (excludes halogenated alkanes) is 2. The highest BCUT2D eigenvalue weighted by atomic mass is 32.2. The number of hydrogen-bond donors (Lipinski definition) is 3. The maximum Gasteiger partial charge on any atom is 0.305 e. The number of rotatable bonds is 7. The van der Waals surface area contributed by atoms with Gasteiger partial charge in [0, 0.05) is 18.8 Å². The van der Waals surface area contributed by atoms with Gasteiger partial charge in [-0.15, -0.1) is 0 Å². The first-order chi connectivity index (χ1) is 7.97. The van der Waals surface area contributed by atoms with Gasteiger partial charge in [0.2, 0.25) is 0 Å². The molecule has 1 aromatic rings. The second-order valence-corrected chi connectivity index (χ2v) is 6.55. The Balaban J connectivity index is 2.57. The fourth-order valence-electron chi connectivity index (χ4n) is 1.33. The second-order valence-electron chi connectivity index (χ2n) is 3.61. The zero-order valence-corrected chi connectivity index (χ0v) is 11.2. The number of aliphatic hydroxyl groups is 1. The van der Waals surface area contributed by atoms with Gasteiger partial charge in [-0.25, -0.2) is 13.1 Å². The Morgan fingerprint density at radius 3 is 2.59 bits per heavy atom. The van der Waals surface area contributed by atoms with E-state index in [1.54, 1.807) is 6.92 Å². The quantitative estimate of drug-likeness (QED) is 0.621. The maximum atomic E-state index is 11.8. The van der Waals surface area contributed by atoms with E-state index in [4.69, 9.17) is 5.11 Å². The first-order valence-electron chi connectivity index (χ1n) is 5.27. The summed E-state index contributed by atoms with van der Waals surface area (Å²) in [4.78, 5) is 13.1. The summed E-state index contributed by atoms with van der Waals surface area (Å²) in [6.45, 7) is 1.98. The Morgan fingerprint density at radius 2 is 2.06 bits per heavy atom. The van der Waals surface area contributed by atoms with Gasteiger partial charge in [0.25, 0.3) is 10.0 Å². The highest BCUT2D eigenvalue weighted by molar-refractivity contribution is 7.91. The highest BCUT2D eigenvalue weighted by Crippen LogP contribution is 2.15. The number of aryl methyl sites for hydroxylation is 1. The molecular formula is C9H16N2O4S2. The molecule has 0 amide bonds. The number of H-pyrrole nitrogens is 1. The molecule has 0 bridgehead atoms. The predicted molar refractivity (Wildman–Crippen MR) is 65.8 cm³/mol. The molecule has 0 unspecified atom stereocenters. The fourth-order valence-corrected chi connectivity index (χ4v) is 3.75. The number of sulfonamides is 1. The van der Waals surface area contributed by atoms with Crippen LogP contribution in [0.25, 0.3) is 0 Å². The van der Waals surface area contributed by atoms with Gasteiger partial charge in [-0.3, -0.25) is 4.79 Å². The molecule has 0 spiro atoms. The molecule has 98 valence electrons. The zero-order chi connectivity index (χ0) is 12.9. The number of aliphatic hydroxyl groups excluding tert-OH is 1. The van der Waals surface area contributed by atoms with Crippen LogP contribution in [0, 0.1) is 6.92 Å². The molecule has 1 heterocycles. The second kappa shape index (κ2) is 6.29. The third kappa shape index (κ3) is 4.23. The van der Waals surface area contributed by atoms with Crippen molar-refractivity contribution in [3.05, 3.63) is 15.4 Å². The van der Waals surface area contributed by atoms with Crippen LogP contribution in [0.15, 0.2) is 9.00 Å². The molecule has 0 aliphatic heterocycles. The molecular weight excluding hydrogens is 264 g/mol. The van der Waals surface area contributed by atoms with E-state index in [1.165, 1.54) is 0 Å². The van der Waals surface area contributed by atoms with Crippen LogP contribution in [0.4, 0.5) is 0 Å². The van der Waals surface area contributed by atoms with Crippen molar-refractivity contribution < 1.29 is 13.5 Å². The van der Waals surface area contributed by atoms with Gasteiger partial charge in [-0.05, 0) is 26.2 Å². The first-order valence-corrected chi connectivity index (χ1v) is 7.57. The lowest BCUT2D eigenvalue weighted by Gasteiger charge is -2.04. The lowest BCUT2D eigenvalue weighted by molar-refractivity contribution is 0.283. The number of nitrogens with one attached hydrogen (secondary N) is 2. The normalized spacial score (nSPS) is 11.9. The Hall–Kier alpha value is -0.700. The summed E-state index contributed by atoms with van der Waals surface area (Å²) in [6, 6.07) is 0. The lowest BCUT2D eigenvalue weighted by Crippen LogP contribution is -2.24. The van der Waals surface area contributed by atoms with Crippen molar-refractivity contribution in [2.75, 3.05) is 13.2 Å². The zero-order valence-electron chi connectivity index (χ0n) is 9.52. The van der Waals surface area contributed by atoms with Gasteiger partial charge in [0.05, 0.1) is 0 Å². The average molecular weight is 280 g/mol. The Morgan fingerprint density at radius 1 is 1.35 bits per heavy atom. The minimum Gasteiger partial charge on any atom is -0.396 e. The van der Waals surface area contributed by atoms with Gasteiger partial charge in [0.15, 0.2) is 4.21 Å². The van der Waals surface area contributed by atoms with E-state index in [-0.39, 0.29) is 15.7 Å². The summed E-state index contributed by atoms with van der Waals surface area (Å²) in [7, 11) is -3.58.